The Balaban J connectivity index is 1.44. The van der Waals surface area contributed by atoms with Crippen LogP contribution in [0.1, 0.15) is 32.2 Å². The van der Waals surface area contributed by atoms with Gasteiger partial charge in [0.1, 0.15) is 33.4 Å². The van der Waals surface area contributed by atoms with Gasteiger partial charge in [-0.2, -0.15) is 5.10 Å². The quantitative estimate of drug-likeness (QED) is 0.132. The molecule has 212 valence electrons. The van der Waals surface area contributed by atoms with Crippen LogP contribution in [-0.4, -0.2) is 89.8 Å². The number of amides is 2. The van der Waals surface area contributed by atoms with Crippen LogP contribution in [0.2, 0.25) is 0 Å². The van der Waals surface area contributed by atoms with Crippen molar-refractivity contribution < 1.29 is 33.9 Å². The van der Waals surface area contributed by atoms with Gasteiger partial charge in [-0.3, -0.25) is 14.5 Å². The summed E-state index contributed by atoms with van der Waals surface area (Å²) in [5.74, 6) is -2.55. The van der Waals surface area contributed by atoms with Crippen LogP contribution < -0.4 is 5.32 Å². The molecule has 2 N–H and O–H groups in total. The van der Waals surface area contributed by atoms with Crippen LogP contribution in [-0.2, 0) is 28.8 Å². The second-order valence-electron chi connectivity index (χ2n) is 9.59. The van der Waals surface area contributed by atoms with Gasteiger partial charge in [-0.1, -0.05) is 5.16 Å². The van der Waals surface area contributed by atoms with E-state index < -0.39 is 47.4 Å². The highest BCUT2D eigenvalue weighted by Crippen LogP contribution is 2.41. The number of hydrogen-bond acceptors (Lipinski definition) is 13. The Kier molecular flexibility index (Phi) is 9.10. The monoisotopic (exact) mass is 606 g/mol. The summed E-state index contributed by atoms with van der Waals surface area (Å²) in [5, 5.41) is 26.0. The van der Waals surface area contributed by atoms with E-state index in [9.17, 15) is 24.3 Å². The molecule has 1 fully saturated rings. The zero-order valence-electron chi connectivity index (χ0n) is 21.9. The molecule has 1 saturated heterocycles. The summed E-state index contributed by atoms with van der Waals surface area (Å²) in [6, 6.07) is 2.62. The third-order valence-electron chi connectivity index (χ3n) is 5.35. The third kappa shape index (κ3) is 6.98. The molecule has 0 radical (unpaired) electrons. The fourth-order valence-corrected chi connectivity index (χ4v) is 6.52. The molecule has 2 atom stereocenters. The number of carbonyl (C=O) groups excluding carboxylic acids is 3. The molecule has 2 amide bonds. The number of thioether (sulfide) groups is 2. The number of rotatable bonds is 10. The number of carboxylic acid groups (broad SMARTS) is 1. The molecule has 40 heavy (non-hydrogen) atoms. The fraction of sp³-hybridized carbons (Fsp3) is 0.417. The predicted molar refractivity (Wildman–Crippen MR) is 148 cm³/mol. The summed E-state index contributed by atoms with van der Waals surface area (Å²) >= 11 is 3.89. The molecule has 2 aromatic heterocycles. The molecule has 4 rings (SSSR count). The molecular weight excluding hydrogens is 581 g/mol. The number of aromatic nitrogens is 3. The van der Waals surface area contributed by atoms with Gasteiger partial charge in [-0.25, -0.2) is 14.6 Å². The van der Waals surface area contributed by atoms with Gasteiger partial charge in [-0.05, 0) is 45.4 Å². The van der Waals surface area contributed by atoms with E-state index in [1.54, 1.807) is 32.2 Å². The highest BCUT2D eigenvalue weighted by atomic mass is 32.2. The number of oxime groups is 1. The van der Waals surface area contributed by atoms with Crippen LogP contribution in [0.3, 0.4) is 0 Å². The van der Waals surface area contributed by atoms with E-state index >= 15 is 0 Å². The topological polar surface area (TPSA) is 173 Å². The van der Waals surface area contributed by atoms with Crippen molar-refractivity contribution in [1.29, 1.82) is 0 Å². The van der Waals surface area contributed by atoms with Gasteiger partial charge in [0.2, 0.25) is 6.61 Å². The second-order valence-corrected chi connectivity index (χ2v) is 12.4. The summed E-state index contributed by atoms with van der Waals surface area (Å²) < 4.78 is 5.16. The van der Waals surface area contributed by atoms with Gasteiger partial charge in [0, 0.05) is 16.9 Å². The Morgan fingerprint density at radius 1 is 1.27 bits per heavy atom. The molecule has 4 heterocycles. The fourth-order valence-electron chi connectivity index (χ4n) is 3.68. The molecule has 0 aliphatic carbocycles. The number of carbonyl (C=O) groups is 4. The second kappa shape index (κ2) is 12.3. The van der Waals surface area contributed by atoms with E-state index in [1.165, 1.54) is 45.3 Å². The van der Waals surface area contributed by atoms with Crippen LogP contribution in [0.15, 0.2) is 44.5 Å². The summed E-state index contributed by atoms with van der Waals surface area (Å²) in [5.41, 5.74) is 1.97. The Hall–Kier alpha value is -3.50. The zero-order valence-corrected chi connectivity index (χ0v) is 24.4. The van der Waals surface area contributed by atoms with Crippen molar-refractivity contribution in [3.8, 4) is 0 Å². The minimum absolute atomic E-state index is 0.0964. The molecule has 16 heteroatoms. The first-order valence-corrected chi connectivity index (χ1v) is 14.9. The smallest absolute Gasteiger partial charge is 0.352 e. The van der Waals surface area contributed by atoms with Crippen LogP contribution in [0.5, 0.6) is 0 Å². The lowest BCUT2D eigenvalue weighted by molar-refractivity contribution is -0.160. The molecule has 13 nitrogen and oxygen atoms in total. The van der Waals surface area contributed by atoms with Gasteiger partial charge >= 0.3 is 11.9 Å². The number of aryl methyl sites for hydroxylation is 1. The first-order chi connectivity index (χ1) is 18.9. The van der Waals surface area contributed by atoms with E-state index in [1.807, 2.05) is 13.0 Å². The van der Waals surface area contributed by atoms with Crippen LogP contribution in [0.4, 0.5) is 0 Å². The van der Waals surface area contributed by atoms with Gasteiger partial charge < -0.3 is 20.0 Å². The summed E-state index contributed by atoms with van der Waals surface area (Å²) in [7, 11) is 0. The van der Waals surface area contributed by atoms with Crippen molar-refractivity contribution in [2.24, 2.45) is 5.16 Å². The number of carboxylic acids is 1. The largest absolute Gasteiger partial charge is 0.477 e. The van der Waals surface area contributed by atoms with Crippen LogP contribution in [0.25, 0.3) is 0 Å². The number of esters is 1. The number of ether oxygens (including phenoxy) is 1. The highest BCUT2D eigenvalue weighted by Gasteiger charge is 2.54. The van der Waals surface area contributed by atoms with Crippen molar-refractivity contribution in [1.82, 2.24) is 25.4 Å². The van der Waals surface area contributed by atoms with Gasteiger partial charge in [-0.15, -0.1) is 40.0 Å². The van der Waals surface area contributed by atoms with E-state index in [-0.39, 0.29) is 17.1 Å². The molecule has 0 bridgehead atoms. The first-order valence-electron chi connectivity index (χ1n) is 11.9. The Morgan fingerprint density at radius 3 is 2.67 bits per heavy atom. The van der Waals surface area contributed by atoms with E-state index in [2.05, 4.69) is 25.7 Å². The molecule has 2 aromatic rings. The number of aliphatic carboxylic acids is 1. The number of nitrogens with one attached hydrogen (secondary N) is 1. The summed E-state index contributed by atoms with van der Waals surface area (Å²) in [6.07, 6.45) is 0. The first kappa shape index (κ1) is 29.5. The maximum atomic E-state index is 13.1. The lowest BCUT2D eigenvalue weighted by atomic mass is 10.0. The van der Waals surface area contributed by atoms with Crippen molar-refractivity contribution in [3.63, 3.8) is 0 Å². The van der Waals surface area contributed by atoms with Crippen LogP contribution >= 0.6 is 34.9 Å². The average Bonchev–Trinajstić information content (AvgIpc) is 3.42. The summed E-state index contributed by atoms with van der Waals surface area (Å²) in [4.78, 5) is 60.6. The van der Waals surface area contributed by atoms with Crippen molar-refractivity contribution in [2.75, 3.05) is 18.1 Å². The molecule has 0 saturated carbocycles. The van der Waals surface area contributed by atoms with E-state index in [0.717, 1.165) is 5.69 Å². The molecule has 2 aliphatic heterocycles. The Morgan fingerprint density at radius 2 is 2.05 bits per heavy atom. The van der Waals surface area contributed by atoms with Gasteiger partial charge in [0.15, 0.2) is 5.71 Å². The van der Waals surface area contributed by atoms with E-state index in [0.29, 0.717) is 22.1 Å². The third-order valence-corrected chi connectivity index (χ3v) is 8.28. The Bertz CT molecular complexity index is 1360. The number of β-lactam (4-membered cyclic amide) rings is 1. The highest BCUT2D eigenvalue weighted by molar-refractivity contribution is 8.01. The Labute approximate surface area is 241 Å². The van der Waals surface area contributed by atoms with Crippen molar-refractivity contribution >= 4 is 64.3 Å². The molecule has 1 unspecified atom stereocenters. The molecule has 2 aliphatic rings. The number of thiazole rings is 1. The molecule has 0 aromatic carbocycles. The summed E-state index contributed by atoms with van der Waals surface area (Å²) in [6.45, 7) is 6.40. The normalized spacial score (nSPS) is 19.1. The van der Waals surface area contributed by atoms with Gasteiger partial charge in [0.05, 0.1) is 11.2 Å². The lowest BCUT2D eigenvalue weighted by Crippen LogP contribution is -2.71. The standard InChI is InChI=1S/C24H26N6O7S3/c1-12-5-6-15(28-27-12)39-8-13-9-40-22-18(21(33)30(22)19(13)23(34)35)26-20(32)17(14-10-38-11-25-14)29-36-7-16(31)37-24(2,3)4/h5-6,10-11,18,22H,7-9H2,1-4H3,(H,26,32)(H,34,35)/b29-17-/t18?,22-/m1/s1. The minimum atomic E-state index is -1.23. The SMILES string of the molecule is Cc1ccc(SCC2=C(C(=O)O)N3C(=O)C(NC(=O)/C(=N\OCC(=O)OC(C)(C)C)c4cscn4)[C@H]3SC2)nn1. The maximum absolute atomic E-state index is 13.1. The predicted octanol–water partition coefficient (Wildman–Crippen LogP) is 1.83. The lowest BCUT2D eigenvalue weighted by Gasteiger charge is -2.49. The average molecular weight is 607 g/mol. The maximum Gasteiger partial charge on any atom is 0.352 e. The molecule has 0 spiro atoms. The number of fused-ring (bicyclic) bond motifs is 1. The molecular formula is C24H26N6O7S3. The van der Waals surface area contributed by atoms with Crippen molar-refractivity contribution in [3.05, 3.63) is 45.7 Å². The number of nitrogens with zero attached hydrogens (tertiary/aromatic N) is 5. The minimum Gasteiger partial charge on any atom is -0.477 e. The van der Waals surface area contributed by atoms with E-state index in [4.69, 9.17) is 9.57 Å². The zero-order chi connectivity index (χ0) is 29.0. The van der Waals surface area contributed by atoms with Crippen molar-refractivity contribution in [2.45, 2.75) is 49.7 Å². The van der Waals surface area contributed by atoms with Gasteiger partial charge in [0.25, 0.3) is 11.8 Å². The number of hydrogen-bond donors (Lipinski definition) is 2. The van der Waals surface area contributed by atoms with Crippen LogP contribution in [0, 0.1) is 6.92 Å².